The Kier molecular flexibility index (Phi) is 6.51. The molecule has 1 fully saturated rings. The zero-order valence-electron chi connectivity index (χ0n) is 16.7. The van der Waals surface area contributed by atoms with Crippen LogP contribution in [0, 0.1) is 19.8 Å². The van der Waals surface area contributed by atoms with Gasteiger partial charge < -0.3 is 10.1 Å². The topological polar surface area (TPSA) is 75.7 Å². The van der Waals surface area contributed by atoms with Crippen LogP contribution in [0.25, 0.3) is 0 Å². The molecule has 1 amide bonds. The van der Waals surface area contributed by atoms with Crippen LogP contribution >= 0.6 is 11.6 Å². The second-order valence-corrected chi connectivity index (χ2v) is 9.63. The minimum absolute atomic E-state index is 0.141. The zero-order valence-corrected chi connectivity index (χ0v) is 18.3. The van der Waals surface area contributed by atoms with Crippen LogP contribution in [0.15, 0.2) is 41.3 Å². The highest BCUT2D eigenvalue weighted by Gasteiger charge is 2.32. The lowest BCUT2D eigenvalue weighted by atomic mass is 9.97. The number of nitrogens with zero attached hydrogens (tertiary/aromatic N) is 1. The summed E-state index contributed by atoms with van der Waals surface area (Å²) in [6.45, 7) is 4.39. The number of piperidine rings is 1. The number of anilines is 1. The number of nitrogens with one attached hydrogen (secondary N) is 1. The molecule has 156 valence electrons. The molecule has 3 rings (SSSR count). The Balaban J connectivity index is 1.65. The summed E-state index contributed by atoms with van der Waals surface area (Å²) in [5.74, 6) is 0.0888. The summed E-state index contributed by atoms with van der Waals surface area (Å²) in [6.07, 6.45) is 0.928. The van der Waals surface area contributed by atoms with Crippen LogP contribution in [0.1, 0.15) is 24.0 Å². The number of carbonyl (C=O) groups excluding carboxylic acids is 1. The van der Waals surface area contributed by atoms with Crippen molar-refractivity contribution in [3.8, 4) is 5.75 Å². The maximum absolute atomic E-state index is 12.8. The molecule has 1 N–H and O–H groups in total. The van der Waals surface area contributed by atoms with Gasteiger partial charge in [-0.1, -0.05) is 29.3 Å². The summed E-state index contributed by atoms with van der Waals surface area (Å²) < 4.78 is 32.4. The van der Waals surface area contributed by atoms with Gasteiger partial charge in [0.1, 0.15) is 5.75 Å². The van der Waals surface area contributed by atoms with Crippen LogP contribution in [-0.2, 0) is 14.8 Å². The number of benzene rings is 2. The van der Waals surface area contributed by atoms with E-state index in [9.17, 15) is 13.2 Å². The highest BCUT2D eigenvalue weighted by Crippen LogP contribution is 2.32. The fourth-order valence-electron chi connectivity index (χ4n) is 3.38. The third-order valence-electron chi connectivity index (χ3n) is 5.22. The number of hydrogen-bond acceptors (Lipinski definition) is 4. The van der Waals surface area contributed by atoms with E-state index in [0.29, 0.717) is 42.4 Å². The Hall–Kier alpha value is -2.09. The lowest BCUT2D eigenvalue weighted by Crippen LogP contribution is -2.41. The average Bonchev–Trinajstić information content (AvgIpc) is 2.71. The minimum Gasteiger partial charge on any atom is -0.495 e. The van der Waals surface area contributed by atoms with Crippen molar-refractivity contribution in [2.24, 2.45) is 5.92 Å². The lowest BCUT2D eigenvalue weighted by Gasteiger charge is -2.30. The number of hydrogen-bond donors (Lipinski definition) is 1. The lowest BCUT2D eigenvalue weighted by molar-refractivity contribution is -0.120. The summed E-state index contributed by atoms with van der Waals surface area (Å²) in [6, 6.07) is 10.3. The number of ether oxygens (including phenoxy) is 1. The first kappa shape index (κ1) is 21.6. The minimum atomic E-state index is -3.54. The van der Waals surface area contributed by atoms with E-state index in [1.54, 1.807) is 36.4 Å². The van der Waals surface area contributed by atoms with Gasteiger partial charge in [-0.2, -0.15) is 4.31 Å². The first-order chi connectivity index (χ1) is 13.7. The molecule has 2 aromatic carbocycles. The summed E-state index contributed by atoms with van der Waals surface area (Å²) in [7, 11) is -2.02. The largest absolute Gasteiger partial charge is 0.495 e. The van der Waals surface area contributed by atoms with Gasteiger partial charge in [0.2, 0.25) is 15.9 Å². The zero-order chi connectivity index (χ0) is 21.2. The highest BCUT2D eigenvalue weighted by molar-refractivity contribution is 7.89. The standard InChI is InChI=1S/C21H25ClN2O4S/c1-14-4-6-17(7-5-14)29(26,27)24-10-8-16(9-11-24)21(25)23-19-12-15(2)18(22)13-20(19)28-3/h4-7,12-13,16H,8-11H2,1-3H3,(H,23,25). The van der Waals surface area contributed by atoms with Gasteiger partial charge in [0.05, 0.1) is 17.7 Å². The van der Waals surface area contributed by atoms with Crippen molar-refractivity contribution >= 4 is 33.2 Å². The van der Waals surface area contributed by atoms with E-state index < -0.39 is 10.0 Å². The summed E-state index contributed by atoms with van der Waals surface area (Å²) in [4.78, 5) is 13.0. The Labute approximate surface area is 176 Å². The number of sulfonamides is 1. The van der Waals surface area contributed by atoms with E-state index in [-0.39, 0.29) is 16.7 Å². The molecule has 0 saturated carbocycles. The molecule has 0 spiro atoms. The Morgan fingerprint density at radius 1 is 1.14 bits per heavy atom. The summed E-state index contributed by atoms with van der Waals surface area (Å²) in [5, 5.41) is 3.46. The number of amides is 1. The molecule has 8 heteroatoms. The van der Waals surface area contributed by atoms with E-state index in [1.165, 1.54) is 11.4 Å². The van der Waals surface area contributed by atoms with Crippen molar-refractivity contribution in [3.63, 3.8) is 0 Å². The highest BCUT2D eigenvalue weighted by atomic mass is 35.5. The van der Waals surface area contributed by atoms with E-state index in [4.69, 9.17) is 16.3 Å². The average molecular weight is 437 g/mol. The number of rotatable bonds is 5. The second kappa shape index (κ2) is 8.73. The van der Waals surface area contributed by atoms with Crippen LogP contribution in [0.3, 0.4) is 0 Å². The predicted molar refractivity (Wildman–Crippen MR) is 114 cm³/mol. The number of methoxy groups -OCH3 is 1. The first-order valence-electron chi connectivity index (χ1n) is 9.44. The number of aryl methyl sites for hydroxylation is 2. The van der Waals surface area contributed by atoms with Gasteiger partial charge in [0.25, 0.3) is 0 Å². The van der Waals surface area contributed by atoms with E-state index in [1.807, 2.05) is 13.8 Å². The molecule has 1 heterocycles. The van der Waals surface area contributed by atoms with Crippen LogP contribution in [0.4, 0.5) is 5.69 Å². The fraction of sp³-hybridized carbons (Fsp3) is 0.381. The van der Waals surface area contributed by atoms with Gasteiger partial charge in [0, 0.05) is 30.1 Å². The van der Waals surface area contributed by atoms with Crippen molar-refractivity contribution in [1.29, 1.82) is 0 Å². The van der Waals surface area contributed by atoms with Gasteiger partial charge in [-0.05, 0) is 50.5 Å². The molecule has 0 bridgehead atoms. The molecule has 29 heavy (non-hydrogen) atoms. The van der Waals surface area contributed by atoms with Gasteiger partial charge >= 0.3 is 0 Å². The van der Waals surface area contributed by atoms with Gasteiger partial charge in [-0.15, -0.1) is 0 Å². The Morgan fingerprint density at radius 3 is 2.34 bits per heavy atom. The van der Waals surface area contributed by atoms with Crippen molar-refractivity contribution < 1.29 is 17.9 Å². The number of halogens is 1. The molecule has 1 aliphatic rings. The maximum atomic E-state index is 12.8. The van der Waals surface area contributed by atoms with Gasteiger partial charge in [-0.3, -0.25) is 4.79 Å². The first-order valence-corrected chi connectivity index (χ1v) is 11.3. The predicted octanol–water partition coefficient (Wildman–Crippen LogP) is 4.00. The SMILES string of the molecule is COc1cc(Cl)c(C)cc1NC(=O)C1CCN(S(=O)(=O)c2ccc(C)cc2)CC1. The van der Waals surface area contributed by atoms with Crippen molar-refractivity contribution in [1.82, 2.24) is 4.31 Å². The molecule has 0 unspecified atom stereocenters. The third-order valence-corrected chi connectivity index (χ3v) is 7.54. The Bertz CT molecular complexity index is 998. The molecule has 6 nitrogen and oxygen atoms in total. The second-order valence-electron chi connectivity index (χ2n) is 7.28. The van der Waals surface area contributed by atoms with E-state index in [2.05, 4.69) is 5.32 Å². The van der Waals surface area contributed by atoms with Crippen molar-refractivity contribution in [3.05, 3.63) is 52.5 Å². The third kappa shape index (κ3) is 4.74. The molecule has 0 aliphatic carbocycles. The summed E-state index contributed by atoms with van der Waals surface area (Å²) in [5.41, 5.74) is 2.41. The van der Waals surface area contributed by atoms with E-state index >= 15 is 0 Å². The monoisotopic (exact) mass is 436 g/mol. The van der Waals surface area contributed by atoms with Crippen LogP contribution < -0.4 is 10.1 Å². The fourth-order valence-corrected chi connectivity index (χ4v) is 5.01. The molecule has 1 saturated heterocycles. The maximum Gasteiger partial charge on any atom is 0.243 e. The summed E-state index contributed by atoms with van der Waals surface area (Å²) >= 11 is 6.11. The van der Waals surface area contributed by atoms with Crippen LogP contribution in [0.2, 0.25) is 5.02 Å². The molecule has 0 aromatic heterocycles. The normalized spacial score (nSPS) is 15.9. The Morgan fingerprint density at radius 2 is 1.76 bits per heavy atom. The number of carbonyl (C=O) groups is 1. The molecular weight excluding hydrogens is 412 g/mol. The van der Waals surface area contributed by atoms with Crippen LogP contribution in [-0.4, -0.2) is 38.8 Å². The smallest absolute Gasteiger partial charge is 0.243 e. The van der Waals surface area contributed by atoms with Gasteiger partial charge in [0.15, 0.2) is 0 Å². The molecular formula is C21H25ClN2O4S. The van der Waals surface area contributed by atoms with Crippen LogP contribution in [0.5, 0.6) is 5.75 Å². The van der Waals surface area contributed by atoms with E-state index in [0.717, 1.165) is 11.1 Å². The van der Waals surface area contributed by atoms with Crippen molar-refractivity contribution in [2.45, 2.75) is 31.6 Å². The van der Waals surface area contributed by atoms with Crippen molar-refractivity contribution in [2.75, 3.05) is 25.5 Å². The quantitative estimate of drug-likeness (QED) is 0.768. The molecule has 0 atom stereocenters. The molecule has 2 aromatic rings. The molecule has 1 aliphatic heterocycles. The van der Waals surface area contributed by atoms with Gasteiger partial charge in [-0.25, -0.2) is 8.42 Å². The molecule has 0 radical (unpaired) electrons.